The van der Waals surface area contributed by atoms with Crippen molar-refractivity contribution in [2.45, 2.75) is 24.7 Å². The lowest BCUT2D eigenvalue weighted by atomic mass is 9.67. The second-order valence-electron chi connectivity index (χ2n) is 16.8. The van der Waals surface area contributed by atoms with E-state index >= 15 is 0 Å². The summed E-state index contributed by atoms with van der Waals surface area (Å²) in [6.45, 7) is 4.73. The third kappa shape index (κ3) is 4.82. The molecule has 2 heteroatoms. The number of furan rings is 1. The number of benzene rings is 9. The smallest absolute Gasteiger partial charge is 0.135 e. The van der Waals surface area contributed by atoms with Crippen molar-refractivity contribution in [3.05, 3.63) is 246 Å². The van der Waals surface area contributed by atoms with Gasteiger partial charge in [-0.1, -0.05) is 190 Å². The van der Waals surface area contributed by atoms with Crippen LogP contribution in [-0.4, -0.2) is 0 Å². The van der Waals surface area contributed by atoms with E-state index in [4.69, 9.17) is 4.42 Å². The summed E-state index contributed by atoms with van der Waals surface area (Å²) in [6, 6.07) is 78.1. The maximum atomic E-state index is 6.85. The molecule has 1 heterocycles. The second kappa shape index (κ2) is 13.0. The van der Waals surface area contributed by atoms with Crippen LogP contribution in [0.4, 0.5) is 17.1 Å². The second-order valence-corrected chi connectivity index (χ2v) is 16.8. The molecule has 60 heavy (non-hydrogen) atoms. The van der Waals surface area contributed by atoms with E-state index in [-0.39, 0.29) is 5.41 Å². The van der Waals surface area contributed by atoms with Crippen LogP contribution in [-0.2, 0) is 10.8 Å². The Morgan fingerprint density at radius 2 is 0.950 bits per heavy atom. The molecule has 0 saturated heterocycles. The summed E-state index contributed by atoms with van der Waals surface area (Å²) in [5.74, 6) is 0. The molecule has 0 atom stereocenters. The molecule has 0 N–H and O–H groups in total. The van der Waals surface area contributed by atoms with Crippen LogP contribution in [0, 0.1) is 0 Å². The lowest BCUT2D eigenvalue weighted by Gasteiger charge is -2.39. The summed E-state index contributed by atoms with van der Waals surface area (Å²) in [5, 5.41) is 2.19. The van der Waals surface area contributed by atoms with Crippen molar-refractivity contribution in [2.75, 3.05) is 4.90 Å². The average molecular weight is 768 g/mol. The van der Waals surface area contributed by atoms with Crippen LogP contribution in [0.2, 0.25) is 0 Å². The minimum Gasteiger partial charge on any atom is -0.456 e. The van der Waals surface area contributed by atoms with Crippen LogP contribution in [0.1, 0.15) is 47.2 Å². The molecule has 2 nitrogen and oxygen atoms in total. The Labute approximate surface area is 350 Å². The Morgan fingerprint density at radius 1 is 0.383 bits per heavy atom. The monoisotopic (exact) mass is 767 g/mol. The van der Waals surface area contributed by atoms with Gasteiger partial charge in [-0.05, 0) is 97.6 Å². The van der Waals surface area contributed by atoms with Gasteiger partial charge in [-0.3, -0.25) is 0 Å². The molecule has 10 aromatic rings. The van der Waals surface area contributed by atoms with E-state index in [2.05, 4.69) is 231 Å². The summed E-state index contributed by atoms with van der Waals surface area (Å²) in [5.41, 5.74) is 19.2. The standard InChI is InChI=1S/C58H41NO/c1-57(2)47-26-13-11-25-45(47)56-50(57)29-17-30-52(56)59(41-34-32-39(33-35-41)38-18-5-3-6-19-38)53-36-46-44-24-12-16-31-54(44)60-55(46)37-51(53)58(40-20-7-4-8-21-40)48-27-14-9-22-42(48)43-23-10-15-28-49(43)58/h3-37H,1-2H3. The Balaban J connectivity index is 1.25. The lowest BCUT2D eigenvalue weighted by molar-refractivity contribution is 0.660. The minimum absolute atomic E-state index is 0.174. The van der Waals surface area contributed by atoms with E-state index in [1.165, 1.54) is 61.2 Å². The first kappa shape index (κ1) is 34.6. The number of hydrogen-bond acceptors (Lipinski definition) is 2. The minimum atomic E-state index is -0.686. The molecule has 0 saturated carbocycles. The van der Waals surface area contributed by atoms with Crippen molar-refractivity contribution in [1.82, 2.24) is 0 Å². The van der Waals surface area contributed by atoms with Gasteiger partial charge in [0.2, 0.25) is 0 Å². The van der Waals surface area contributed by atoms with Gasteiger partial charge < -0.3 is 9.32 Å². The maximum absolute atomic E-state index is 6.85. The third-order valence-electron chi connectivity index (χ3n) is 13.4. The molecule has 2 aliphatic carbocycles. The molecule has 0 unspecified atom stereocenters. The highest BCUT2D eigenvalue weighted by Crippen LogP contribution is 2.61. The normalized spacial score (nSPS) is 14.1. The fourth-order valence-electron chi connectivity index (χ4n) is 10.7. The molecule has 284 valence electrons. The SMILES string of the molecule is CC1(C)c2ccccc2-c2c(N(c3ccc(-c4ccccc4)cc3)c3cc4c(cc3C3(c5ccccc5)c5ccccc5-c5ccccc53)oc3ccccc34)cccc21. The molecule has 0 aliphatic heterocycles. The summed E-state index contributed by atoms with van der Waals surface area (Å²) in [6.07, 6.45) is 0. The van der Waals surface area contributed by atoms with Gasteiger partial charge in [0.1, 0.15) is 11.2 Å². The summed E-state index contributed by atoms with van der Waals surface area (Å²) >= 11 is 0. The van der Waals surface area contributed by atoms with Crippen molar-refractivity contribution in [2.24, 2.45) is 0 Å². The van der Waals surface area contributed by atoms with Crippen molar-refractivity contribution in [3.8, 4) is 33.4 Å². The van der Waals surface area contributed by atoms with Crippen molar-refractivity contribution in [3.63, 3.8) is 0 Å². The Hall–Kier alpha value is -7.42. The van der Waals surface area contributed by atoms with Gasteiger partial charge in [0.15, 0.2) is 0 Å². The third-order valence-corrected chi connectivity index (χ3v) is 13.4. The summed E-state index contributed by atoms with van der Waals surface area (Å²) < 4.78 is 6.85. The van der Waals surface area contributed by atoms with E-state index in [1.807, 2.05) is 0 Å². The molecule has 0 radical (unpaired) electrons. The highest BCUT2D eigenvalue weighted by molar-refractivity contribution is 6.09. The number of nitrogens with zero attached hydrogens (tertiary/aromatic N) is 1. The van der Waals surface area contributed by atoms with E-state index in [0.717, 1.165) is 44.6 Å². The average Bonchev–Trinajstić information content (AvgIpc) is 3.91. The van der Waals surface area contributed by atoms with Gasteiger partial charge in [0, 0.05) is 27.4 Å². The Morgan fingerprint density at radius 3 is 1.67 bits per heavy atom. The van der Waals surface area contributed by atoms with Gasteiger partial charge in [-0.15, -0.1) is 0 Å². The van der Waals surface area contributed by atoms with Gasteiger partial charge in [-0.25, -0.2) is 0 Å². The first-order valence-electron chi connectivity index (χ1n) is 20.9. The van der Waals surface area contributed by atoms with E-state index in [9.17, 15) is 0 Å². The fraction of sp³-hybridized carbons (Fsp3) is 0.0690. The number of para-hydroxylation sites is 1. The zero-order chi connectivity index (χ0) is 40.0. The van der Waals surface area contributed by atoms with Crippen LogP contribution in [0.25, 0.3) is 55.3 Å². The fourth-order valence-corrected chi connectivity index (χ4v) is 10.7. The van der Waals surface area contributed by atoms with Crippen LogP contribution in [0.15, 0.2) is 217 Å². The van der Waals surface area contributed by atoms with E-state index < -0.39 is 5.41 Å². The van der Waals surface area contributed by atoms with Crippen LogP contribution < -0.4 is 4.90 Å². The molecule has 0 spiro atoms. The van der Waals surface area contributed by atoms with E-state index in [0.29, 0.717) is 0 Å². The molecule has 1 aromatic heterocycles. The largest absolute Gasteiger partial charge is 0.456 e. The molecule has 0 bridgehead atoms. The van der Waals surface area contributed by atoms with Crippen LogP contribution >= 0.6 is 0 Å². The molecular formula is C58H41NO. The number of hydrogen-bond donors (Lipinski definition) is 0. The highest BCUT2D eigenvalue weighted by atomic mass is 16.3. The first-order valence-corrected chi connectivity index (χ1v) is 20.9. The molecule has 9 aromatic carbocycles. The van der Waals surface area contributed by atoms with E-state index in [1.54, 1.807) is 0 Å². The Bertz CT molecular complexity index is 3240. The first-order chi connectivity index (χ1) is 29.5. The predicted octanol–water partition coefficient (Wildman–Crippen LogP) is 15.4. The van der Waals surface area contributed by atoms with Crippen molar-refractivity contribution < 1.29 is 4.42 Å². The van der Waals surface area contributed by atoms with Crippen LogP contribution in [0.5, 0.6) is 0 Å². The number of anilines is 3. The quantitative estimate of drug-likeness (QED) is 0.168. The molecule has 2 aliphatic rings. The van der Waals surface area contributed by atoms with Crippen molar-refractivity contribution >= 4 is 39.0 Å². The predicted molar refractivity (Wildman–Crippen MR) is 249 cm³/mol. The Kier molecular flexibility index (Phi) is 7.52. The van der Waals surface area contributed by atoms with Gasteiger partial charge in [-0.2, -0.15) is 0 Å². The zero-order valence-corrected chi connectivity index (χ0v) is 33.6. The molecule has 0 fully saturated rings. The van der Waals surface area contributed by atoms with Crippen LogP contribution in [0.3, 0.4) is 0 Å². The summed E-state index contributed by atoms with van der Waals surface area (Å²) in [7, 11) is 0. The zero-order valence-electron chi connectivity index (χ0n) is 33.6. The molecular weight excluding hydrogens is 727 g/mol. The van der Waals surface area contributed by atoms with Crippen molar-refractivity contribution in [1.29, 1.82) is 0 Å². The topological polar surface area (TPSA) is 16.4 Å². The lowest BCUT2D eigenvalue weighted by Crippen LogP contribution is -2.31. The maximum Gasteiger partial charge on any atom is 0.135 e. The number of fused-ring (bicyclic) bond motifs is 9. The summed E-state index contributed by atoms with van der Waals surface area (Å²) in [4.78, 5) is 2.55. The highest BCUT2D eigenvalue weighted by Gasteiger charge is 2.48. The van der Waals surface area contributed by atoms with Gasteiger partial charge in [0.05, 0.1) is 16.8 Å². The number of rotatable bonds is 6. The van der Waals surface area contributed by atoms with Gasteiger partial charge in [0.25, 0.3) is 0 Å². The molecule has 0 amide bonds. The van der Waals surface area contributed by atoms with Gasteiger partial charge >= 0.3 is 0 Å². The molecule has 12 rings (SSSR count).